The molecule has 3 N–H and O–H groups in total. The summed E-state index contributed by atoms with van der Waals surface area (Å²) in [6, 6.07) is 21.8. The van der Waals surface area contributed by atoms with Crippen LogP contribution in [-0.4, -0.2) is 35.0 Å². The predicted molar refractivity (Wildman–Crippen MR) is 149 cm³/mol. The van der Waals surface area contributed by atoms with E-state index < -0.39 is 5.97 Å². The highest BCUT2D eigenvalue weighted by atomic mass is 79.9. The van der Waals surface area contributed by atoms with Gasteiger partial charge in [-0.1, -0.05) is 72.2 Å². The summed E-state index contributed by atoms with van der Waals surface area (Å²) in [5, 5.41) is 15.5. The fourth-order valence-corrected chi connectivity index (χ4v) is 4.67. The van der Waals surface area contributed by atoms with Gasteiger partial charge < -0.3 is 15.7 Å². The van der Waals surface area contributed by atoms with Crippen molar-refractivity contribution < 1.29 is 14.7 Å². The highest BCUT2D eigenvalue weighted by molar-refractivity contribution is 9.10. The number of rotatable bonds is 10. The third-order valence-electron chi connectivity index (χ3n) is 6.37. The molecule has 0 fully saturated rings. The van der Waals surface area contributed by atoms with E-state index in [-0.39, 0.29) is 12.3 Å². The molecule has 3 aromatic rings. The van der Waals surface area contributed by atoms with Crippen molar-refractivity contribution in [1.82, 2.24) is 4.90 Å². The van der Waals surface area contributed by atoms with Gasteiger partial charge in [-0.25, -0.2) is 0 Å². The number of carbonyl (C=O) groups is 2. The molecule has 186 valence electrons. The first-order valence-electron chi connectivity index (χ1n) is 12.1. The standard InChI is InChI=1S/C29H30BrN3O3/c1-3-33(4-2)18-20-7-13-23(14-8-20)31-28(21-10-5-19(6-11-21)9-16-26(34)35)27-24-15-12-22(30)17-25(24)32-29(27)36/h5-8,10-15,17,31H,3-4,9,16,18H2,1-2H3,(H,32,36)(H,34,35). The Morgan fingerprint density at radius 3 is 2.28 bits per heavy atom. The SMILES string of the molecule is CCN(CC)Cc1ccc(NC(=C2C(=O)Nc3cc(Br)ccc32)c2ccc(CCC(=O)O)cc2)cc1. The fraction of sp³-hybridized carbons (Fsp3) is 0.241. The molecular weight excluding hydrogens is 518 g/mol. The van der Waals surface area contributed by atoms with Crippen LogP contribution in [0.4, 0.5) is 11.4 Å². The van der Waals surface area contributed by atoms with E-state index in [4.69, 9.17) is 5.11 Å². The Morgan fingerprint density at radius 1 is 0.972 bits per heavy atom. The molecule has 4 rings (SSSR count). The van der Waals surface area contributed by atoms with Crippen LogP contribution in [0.15, 0.2) is 71.2 Å². The van der Waals surface area contributed by atoms with E-state index in [1.54, 1.807) is 0 Å². The van der Waals surface area contributed by atoms with Crippen LogP contribution in [0.3, 0.4) is 0 Å². The lowest BCUT2D eigenvalue weighted by molar-refractivity contribution is -0.137. The summed E-state index contributed by atoms with van der Waals surface area (Å²) in [7, 11) is 0. The van der Waals surface area contributed by atoms with E-state index in [1.165, 1.54) is 5.56 Å². The maximum absolute atomic E-state index is 13.1. The van der Waals surface area contributed by atoms with E-state index in [1.807, 2.05) is 54.6 Å². The Bertz CT molecular complexity index is 1280. The number of carboxylic acid groups (broad SMARTS) is 1. The van der Waals surface area contributed by atoms with Crippen molar-refractivity contribution in [3.05, 3.63) is 93.5 Å². The number of nitrogens with zero attached hydrogens (tertiary/aromatic N) is 1. The Kier molecular flexibility index (Phi) is 8.23. The molecule has 3 aromatic carbocycles. The van der Waals surface area contributed by atoms with Crippen LogP contribution in [0.5, 0.6) is 0 Å². The van der Waals surface area contributed by atoms with Crippen LogP contribution in [0.2, 0.25) is 0 Å². The highest BCUT2D eigenvalue weighted by Gasteiger charge is 2.28. The van der Waals surface area contributed by atoms with E-state index in [2.05, 4.69) is 57.4 Å². The second kappa shape index (κ2) is 11.5. The molecule has 0 aliphatic carbocycles. The molecule has 7 heteroatoms. The molecule has 0 spiro atoms. The van der Waals surface area contributed by atoms with Crippen LogP contribution in [-0.2, 0) is 22.6 Å². The van der Waals surface area contributed by atoms with Crippen LogP contribution in [0.25, 0.3) is 11.3 Å². The van der Waals surface area contributed by atoms with Crippen LogP contribution in [0.1, 0.15) is 42.5 Å². The number of aliphatic carboxylic acids is 1. The Hall–Kier alpha value is -3.42. The van der Waals surface area contributed by atoms with Crippen molar-refractivity contribution >= 4 is 50.5 Å². The number of carboxylic acids is 1. The minimum atomic E-state index is -0.821. The lowest BCUT2D eigenvalue weighted by Crippen LogP contribution is -2.22. The van der Waals surface area contributed by atoms with Crippen molar-refractivity contribution in [3.63, 3.8) is 0 Å². The predicted octanol–water partition coefficient (Wildman–Crippen LogP) is 6.24. The zero-order chi connectivity index (χ0) is 25.7. The van der Waals surface area contributed by atoms with E-state index in [9.17, 15) is 9.59 Å². The second-order valence-electron chi connectivity index (χ2n) is 8.77. The average molecular weight is 548 g/mol. The van der Waals surface area contributed by atoms with E-state index in [0.717, 1.165) is 52.2 Å². The van der Waals surface area contributed by atoms with Gasteiger partial charge in [-0.05, 0) is 60.5 Å². The van der Waals surface area contributed by atoms with Crippen molar-refractivity contribution in [2.24, 2.45) is 0 Å². The van der Waals surface area contributed by atoms with Gasteiger partial charge in [-0.3, -0.25) is 14.5 Å². The van der Waals surface area contributed by atoms with Crippen LogP contribution in [0, 0.1) is 0 Å². The molecule has 0 radical (unpaired) electrons. The van der Waals surface area contributed by atoms with Gasteiger partial charge in [0.2, 0.25) is 0 Å². The lowest BCUT2D eigenvalue weighted by atomic mass is 9.98. The van der Waals surface area contributed by atoms with Crippen LogP contribution >= 0.6 is 15.9 Å². The molecule has 0 bridgehead atoms. The zero-order valence-electron chi connectivity index (χ0n) is 20.5. The third kappa shape index (κ3) is 6.04. The number of halogens is 1. The molecule has 1 aliphatic rings. The number of hydrogen-bond acceptors (Lipinski definition) is 4. The normalized spacial score (nSPS) is 13.9. The summed E-state index contributed by atoms with van der Waals surface area (Å²) < 4.78 is 0.892. The largest absolute Gasteiger partial charge is 0.481 e. The van der Waals surface area contributed by atoms with Gasteiger partial charge in [0.15, 0.2) is 0 Å². The molecule has 6 nitrogen and oxygen atoms in total. The molecule has 0 unspecified atom stereocenters. The second-order valence-corrected chi connectivity index (χ2v) is 9.68. The summed E-state index contributed by atoms with van der Waals surface area (Å²) in [6.45, 7) is 7.21. The number of aryl methyl sites for hydroxylation is 1. The molecule has 0 saturated carbocycles. The van der Waals surface area contributed by atoms with E-state index in [0.29, 0.717) is 17.7 Å². The number of nitrogens with one attached hydrogen (secondary N) is 2. The van der Waals surface area contributed by atoms with Crippen molar-refractivity contribution in [2.75, 3.05) is 23.7 Å². The summed E-state index contributed by atoms with van der Waals surface area (Å²) >= 11 is 3.48. The number of carbonyl (C=O) groups excluding carboxylic acids is 1. The number of anilines is 2. The van der Waals surface area contributed by atoms with Gasteiger partial charge in [-0.15, -0.1) is 0 Å². The first-order chi connectivity index (χ1) is 17.4. The maximum Gasteiger partial charge on any atom is 0.303 e. The lowest BCUT2D eigenvalue weighted by Gasteiger charge is -2.19. The summed E-state index contributed by atoms with van der Waals surface area (Å²) in [5.41, 5.74) is 6.77. The monoisotopic (exact) mass is 547 g/mol. The fourth-order valence-electron chi connectivity index (χ4n) is 4.30. The summed E-state index contributed by atoms with van der Waals surface area (Å²) in [6.07, 6.45) is 0.538. The quantitative estimate of drug-likeness (QED) is 0.262. The van der Waals surface area contributed by atoms with E-state index >= 15 is 0 Å². The molecule has 1 aliphatic heterocycles. The smallest absolute Gasteiger partial charge is 0.303 e. The summed E-state index contributed by atoms with van der Waals surface area (Å²) in [5.74, 6) is -0.989. The molecule has 0 aromatic heterocycles. The highest BCUT2D eigenvalue weighted by Crippen LogP contribution is 2.39. The molecule has 0 saturated heterocycles. The van der Waals surface area contributed by atoms with Gasteiger partial charge in [0, 0.05) is 28.7 Å². The maximum atomic E-state index is 13.1. The summed E-state index contributed by atoms with van der Waals surface area (Å²) in [4.78, 5) is 26.5. The Balaban J connectivity index is 1.70. The van der Waals surface area contributed by atoms with Crippen molar-refractivity contribution in [3.8, 4) is 0 Å². The topological polar surface area (TPSA) is 81.7 Å². The number of amides is 1. The molecule has 36 heavy (non-hydrogen) atoms. The Labute approximate surface area is 220 Å². The van der Waals surface area contributed by atoms with Crippen LogP contribution < -0.4 is 10.6 Å². The van der Waals surface area contributed by atoms with Gasteiger partial charge >= 0.3 is 5.97 Å². The Morgan fingerprint density at radius 2 is 1.64 bits per heavy atom. The number of benzene rings is 3. The minimum Gasteiger partial charge on any atom is -0.481 e. The van der Waals surface area contributed by atoms with Gasteiger partial charge in [0.1, 0.15) is 0 Å². The first kappa shape index (κ1) is 25.7. The average Bonchev–Trinajstić information content (AvgIpc) is 3.20. The zero-order valence-corrected chi connectivity index (χ0v) is 22.1. The first-order valence-corrected chi connectivity index (χ1v) is 12.9. The van der Waals surface area contributed by atoms with Gasteiger partial charge in [0.05, 0.1) is 17.0 Å². The molecule has 0 atom stereocenters. The minimum absolute atomic E-state index is 0.0794. The molecular formula is C29H30BrN3O3. The third-order valence-corrected chi connectivity index (χ3v) is 6.86. The molecule has 1 heterocycles. The van der Waals surface area contributed by atoms with Gasteiger partial charge in [0.25, 0.3) is 5.91 Å². The van der Waals surface area contributed by atoms with Crippen molar-refractivity contribution in [2.45, 2.75) is 33.2 Å². The number of fused-ring (bicyclic) bond motifs is 1. The van der Waals surface area contributed by atoms with Crippen molar-refractivity contribution in [1.29, 1.82) is 0 Å². The van der Waals surface area contributed by atoms with Gasteiger partial charge in [-0.2, -0.15) is 0 Å². The number of hydrogen-bond donors (Lipinski definition) is 3. The molecule has 1 amide bonds.